The molecule has 1 fully saturated rings. The van der Waals surface area contributed by atoms with Gasteiger partial charge in [-0.25, -0.2) is 9.18 Å². The summed E-state index contributed by atoms with van der Waals surface area (Å²) in [6.45, 7) is 0.340. The largest absolute Gasteiger partial charge is 0.392 e. The number of carbonyl (C=O) groups excluding carboxylic acids is 3. The highest BCUT2D eigenvalue weighted by molar-refractivity contribution is 6.31. The van der Waals surface area contributed by atoms with Crippen LogP contribution in [0.4, 0.5) is 9.18 Å². The van der Waals surface area contributed by atoms with Gasteiger partial charge in [0.15, 0.2) is 0 Å². The van der Waals surface area contributed by atoms with E-state index in [2.05, 4.69) is 0 Å². The summed E-state index contributed by atoms with van der Waals surface area (Å²) >= 11 is 5.91. The maximum atomic E-state index is 13.6. The first-order valence-corrected chi connectivity index (χ1v) is 7.12. The highest BCUT2D eigenvalue weighted by atomic mass is 35.5. The highest BCUT2D eigenvalue weighted by Crippen LogP contribution is 2.32. The van der Waals surface area contributed by atoms with Crippen molar-refractivity contribution in [2.24, 2.45) is 5.73 Å². The minimum absolute atomic E-state index is 0.0290. The molecule has 0 aliphatic carbocycles. The molecule has 2 rings (SSSR count). The van der Waals surface area contributed by atoms with Gasteiger partial charge in [0.05, 0.1) is 12.6 Å². The standard InChI is InChI=1S/C14H15ClFN3O4/c1-7(9-2-8(16)3-11(15)10(9)6-20)18-5-13(22)19(14(18)23)4-12(17)21/h2-3,7,20H,4-6H2,1H3,(H2,17,21). The second kappa shape index (κ2) is 6.51. The summed E-state index contributed by atoms with van der Waals surface area (Å²) in [4.78, 5) is 37.0. The van der Waals surface area contributed by atoms with E-state index >= 15 is 0 Å². The predicted octanol–water partition coefficient (Wildman–Crippen LogP) is 0.782. The third kappa shape index (κ3) is 3.27. The Morgan fingerprint density at radius 3 is 2.70 bits per heavy atom. The van der Waals surface area contributed by atoms with Gasteiger partial charge in [0.1, 0.15) is 18.9 Å². The smallest absolute Gasteiger partial charge is 0.328 e. The van der Waals surface area contributed by atoms with E-state index in [0.717, 1.165) is 21.9 Å². The van der Waals surface area contributed by atoms with Crippen LogP contribution < -0.4 is 5.73 Å². The zero-order valence-electron chi connectivity index (χ0n) is 12.3. The number of carbonyl (C=O) groups is 3. The van der Waals surface area contributed by atoms with E-state index in [1.807, 2.05) is 0 Å². The van der Waals surface area contributed by atoms with Gasteiger partial charge in [-0.3, -0.25) is 14.5 Å². The van der Waals surface area contributed by atoms with Crippen molar-refractivity contribution < 1.29 is 23.9 Å². The van der Waals surface area contributed by atoms with E-state index < -0.39 is 42.9 Å². The second-order valence-corrected chi connectivity index (χ2v) is 5.55. The number of aliphatic hydroxyl groups excluding tert-OH is 1. The molecule has 7 nitrogen and oxygen atoms in total. The molecule has 1 aliphatic heterocycles. The first-order chi connectivity index (χ1) is 10.8. The maximum absolute atomic E-state index is 13.6. The summed E-state index contributed by atoms with van der Waals surface area (Å²) in [6.07, 6.45) is 0. The van der Waals surface area contributed by atoms with Crippen LogP contribution in [0.5, 0.6) is 0 Å². The van der Waals surface area contributed by atoms with Crippen LogP contribution in [0.2, 0.25) is 5.02 Å². The normalized spacial score (nSPS) is 16.2. The summed E-state index contributed by atoms with van der Waals surface area (Å²) < 4.78 is 13.6. The Bertz CT molecular complexity index is 682. The number of hydrogen-bond donors (Lipinski definition) is 2. The van der Waals surface area contributed by atoms with Crippen LogP contribution >= 0.6 is 11.6 Å². The van der Waals surface area contributed by atoms with Gasteiger partial charge in [0.2, 0.25) is 5.91 Å². The van der Waals surface area contributed by atoms with Crippen molar-refractivity contribution in [2.45, 2.75) is 19.6 Å². The van der Waals surface area contributed by atoms with E-state index in [-0.39, 0.29) is 17.1 Å². The zero-order chi connectivity index (χ0) is 17.3. The van der Waals surface area contributed by atoms with Gasteiger partial charge in [-0.15, -0.1) is 0 Å². The molecule has 4 amide bonds. The van der Waals surface area contributed by atoms with Crippen LogP contribution in [0.25, 0.3) is 0 Å². The molecule has 0 radical (unpaired) electrons. The fraction of sp³-hybridized carbons (Fsp3) is 0.357. The van der Waals surface area contributed by atoms with Crippen LogP contribution in [-0.2, 0) is 16.2 Å². The van der Waals surface area contributed by atoms with Crippen molar-refractivity contribution in [1.82, 2.24) is 9.80 Å². The number of imide groups is 1. The van der Waals surface area contributed by atoms with Gasteiger partial charge >= 0.3 is 6.03 Å². The third-order valence-electron chi connectivity index (χ3n) is 3.67. The number of rotatable bonds is 5. The van der Waals surface area contributed by atoms with Crippen molar-refractivity contribution in [3.63, 3.8) is 0 Å². The second-order valence-electron chi connectivity index (χ2n) is 5.15. The van der Waals surface area contributed by atoms with E-state index in [1.165, 1.54) is 0 Å². The van der Waals surface area contributed by atoms with Crippen molar-refractivity contribution in [2.75, 3.05) is 13.1 Å². The molecular weight excluding hydrogens is 329 g/mol. The molecule has 1 atom stereocenters. The molecule has 23 heavy (non-hydrogen) atoms. The van der Waals surface area contributed by atoms with Gasteiger partial charge in [-0.1, -0.05) is 11.6 Å². The Hall–Kier alpha value is -2.19. The van der Waals surface area contributed by atoms with Crippen molar-refractivity contribution >= 4 is 29.4 Å². The lowest BCUT2D eigenvalue weighted by molar-refractivity contribution is -0.129. The SMILES string of the molecule is CC(c1cc(F)cc(Cl)c1CO)N1CC(=O)N(CC(N)=O)C1=O. The van der Waals surface area contributed by atoms with Gasteiger partial charge in [0.25, 0.3) is 5.91 Å². The summed E-state index contributed by atoms with van der Waals surface area (Å²) in [5.41, 5.74) is 5.57. The van der Waals surface area contributed by atoms with E-state index in [1.54, 1.807) is 6.92 Å². The monoisotopic (exact) mass is 343 g/mol. The first-order valence-electron chi connectivity index (χ1n) is 6.74. The molecular formula is C14H15ClFN3O4. The van der Waals surface area contributed by atoms with Gasteiger partial charge in [-0.05, 0) is 24.6 Å². The van der Waals surface area contributed by atoms with Crippen LogP contribution in [0.15, 0.2) is 12.1 Å². The summed E-state index contributed by atoms with van der Waals surface area (Å²) in [6, 6.07) is 0.779. The summed E-state index contributed by atoms with van der Waals surface area (Å²) in [7, 11) is 0. The lowest BCUT2D eigenvalue weighted by Gasteiger charge is -2.26. The molecule has 1 aliphatic rings. The number of urea groups is 1. The Morgan fingerprint density at radius 1 is 1.48 bits per heavy atom. The number of benzene rings is 1. The van der Waals surface area contributed by atoms with Crippen molar-refractivity contribution in [3.05, 3.63) is 34.1 Å². The number of primary amides is 1. The minimum atomic E-state index is -0.814. The zero-order valence-corrected chi connectivity index (χ0v) is 13.0. The molecule has 0 bridgehead atoms. The fourth-order valence-electron chi connectivity index (χ4n) is 2.51. The Balaban J connectivity index is 2.35. The number of amides is 4. The highest BCUT2D eigenvalue weighted by Gasteiger charge is 2.40. The summed E-state index contributed by atoms with van der Waals surface area (Å²) in [5, 5.41) is 9.45. The molecule has 1 heterocycles. The molecule has 124 valence electrons. The topological polar surface area (TPSA) is 104 Å². The van der Waals surface area contributed by atoms with Crippen molar-refractivity contribution in [3.8, 4) is 0 Å². The summed E-state index contributed by atoms with van der Waals surface area (Å²) in [5.74, 6) is -2.01. The van der Waals surface area contributed by atoms with Crippen LogP contribution in [0, 0.1) is 5.82 Å². The fourth-order valence-corrected chi connectivity index (χ4v) is 2.78. The maximum Gasteiger partial charge on any atom is 0.328 e. The third-order valence-corrected chi connectivity index (χ3v) is 4.00. The number of nitrogens with two attached hydrogens (primary N) is 1. The van der Waals surface area contributed by atoms with Gasteiger partial charge in [-0.2, -0.15) is 0 Å². The Kier molecular flexibility index (Phi) is 4.86. The van der Waals surface area contributed by atoms with E-state index in [4.69, 9.17) is 17.3 Å². The Labute approximate surface area is 136 Å². The molecule has 1 aromatic rings. The molecule has 0 saturated carbocycles. The lowest BCUT2D eigenvalue weighted by Crippen LogP contribution is -2.39. The van der Waals surface area contributed by atoms with E-state index in [9.17, 15) is 23.9 Å². The van der Waals surface area contributed by atoms with E-state index in [0.29, 0.717) is 5.56 Å². The Morgan fingerprint density at radius 2 is 2.13 bits per heavy atom. The molecule has 0 spiro atoms. The van der Waals surface area contributed by atoms with Crippen LogP contribution in [-0.4, -0.2) is 45.8 Å². The molecule has 1 unspecified atom stereocenters. The number of halogens is 2. The van der Waals surface area contributed by atoms with Crippen LogP contribution in [0.3, 0.4) is 0 Å². The molecule has 1 saturated heterocycles. The molecule has 3 N–H and O–H groups in total. The molecule has 1 aromatic carbocycles. The van der Waals surface area contributed by atoms with Gasteiger partial charge < -0.3 is 15.7 Å². The first kappa shape index (κ1) is 17.2. The number of nitrogens with zero attached hydrogens (tertiary/aromatic N) is 2. The van der Waals surface area contributed by atoms with Gasteiger partial charge in [0, 0.05) is 10.6 Å². The number of aliphatic hydroxyl groups is 1. The predicted molar refractivity (Wildman–Crippen MR) is 78.8 cm³/mol. The average molecular weight is 344 g/mol. The lowest BCUT2D eigenvalue weighted by atomic mass is 10.0. The quantitative estimate of drug-likeness (QED) is 0.771. The minimum Gasteiger partial charge on any atom is -0.392 e. The average Bonchev–Trinajstić information content (AvgIpc) is 2.73. The molecule has 9 heteroatoms. The van der Waals surface area contributed by atoms with Crippen molar-refractivity contribution in [1.29, 1.82) is 0 Å². The number of hydrogen-bond acceptors (Lipinski definition) is 4. The molecule has 0 aromatic heterocycles. The van der Waals surface area contributed by atoms with Crippen LogP contribution in [0.1, 0.15) is 24.1 Å².